The Labute approximate surface area is 110 Å². The lowest BCUT2D eigenvalue weighted by Crippen LogP contribution is -2.45. The standard InChI is InChI=1S/C11H18N4O2S/c1-3-4-13-10(16)7(2)14-11(17)8-6-18-9(5-12)15-8/h6-7H,3-5,12H2,1-2H3,(H,13,16)(H,14,17). The van der Waals surface area contributed by atoms with E-state index in [1.165, 1.54) is 11.3 Å². The van der Waals surface area contributed by atoms with Crippen LogP contribution in [0, 0.1) is 0 Å². The highest BCUT2D eigenvalue weighted by Gasteiger charge is 2.17. The zero-order chi connectivity index (χ0) is 13.5. The number of carbonyl (C=O) groups excluding carboxylic acids is 2. The van der Waals surface area contributed by atoms with Crippen molar-refractivity contribution in [3.63, 3.8) is 0 Å². The van der Waals surface area contributed by atoms with Crippen LogP contribution in [0.3, 0.4) is 0 Å². The summed E-state index contributed by atoms with van der Waals surface area (Å²) < 4.78 is 0. The van der Waals surface area contributed by atoms with E-state index in [1.54, 1.807) is 12.3 Å². The molecule has 0 aliphatic rings. The molecule has 0 aromatic carbocycles. The van der Waals surface area contributed by atoms with Gasteiger partial charge in [0, 0.05) is 18.5 Å². The number of thiazole rings is 1. The molecule has 0 saturated heterocycles. The second-order valence-electron chi connectivity index (χ2n) is 3.82. The molecule has 0 radical (unpaired) electrons. The first kappa shape index (κ1) is 14.6. The van der Waals surface area contributed by atoms with Gasteiger partial charge < -0.3 is 16.4 Å². The van der Waals surface area contributed by atoms with Crippen molar-refractivity contribution < 1.29 is 9.59 Å². The monoisotopic (exact) mass is 270 g/mol. The van der Waals surface area contributed by atoms with Crippen molar-refractivity contribution in [2.24, 2.45) is 5.73 Å². The van der Waals surface area contributed by atoms with Crippen molar-refractivity contribution in [1.82, 2.24) is 15.6 Å². The first-order chi connectivity index (χ1) is 8.58. The third-order valence-corrected chi connectivity index (χ3v) is 3.12. The van der Waals surface area contributed by atoms with Gasteiger partial charge in [0.2, 0.25) is 5.91 Å². The van der Waals surface area contributed by atoms with E-state index in [4.69, 9.17) is 5.73 Å². The van der Waals surface area contributed by atoms with Crippen LogP contribution in [0.25, 0.3) is 0 Å². The highest BCUT2D eigenvalue weighted by Crippen LogP contribution is 2.08. The molecule has 18 heavy (non-hydrogen) atoms. The molecule has 1 aromatic rings. The van der Waals surface area contributed by atoms with E-state index in [0.717, 1.165) is 6.42 Å². The Balaban J connectivity index is 2.51. The van der Waals surface area contributed by atoms with Gasteiger partial charge in [-0.3, -0.25) is 9.59 Å². The van der Waals surface area contributed by atoms with Gasteiger partial charge >= 0.3 is 0 Å². The number of amides is 2. The van der Waals surface area contributed by atoms with Crippen molar-refractivity contribution >= 4 is 23.2 Å². The number of hydrogen-bond donors (Lipinski definition) is 3. The van der Waals surface area contributed by atoms with E-state index in [0.29, 0.717) is 23.8 Å². The fraction of sp³-hybridized carbons (Fsp3) is 0.545. The van der Waals surface area contributed by atoms with Gasteiger partial charge in [-0.2, -0.15) is 0 Å². The molecule has 2 amide bonds. The van der Waals surface area contributed by atoms with Crippen molar-refractivity contribution in [2.75, 3.05) is 6.54 Å². The minimum atomic E-state index is -0.577. The Morgan fingerprint density at radius 2 is 2.28 bits per heavy atom. The van der Waals surface area contributed by atoms with Gasteiger partial charge in [-0.25, -0.2) is 4.98 Å². The molecule has 100 valence electrons. The van der Waals surface area contributed by atoms with Crippen molar-refractivity contribution in [3.05, 3.63) is 16.1 Å². The fourth-order valence-corrected chi connectivity index (χ4v) is 1.90. The Morgan fingerprint density at radius 3 is 2.83 bits per heavy atom. The van der Waals surface area contributed by atoms with E-state index in [9.17, 15) is 9.59 Å². The summed E-state index contributed by atoms with van der Waals surface area (Å²) in [7, 11) is 0. The summed E-state index contributed by atoms with van der Waals surface area (Å²) in [5.41, 5.74) is 5.72. The lowest BCUT2D eigenvalue weighted by atomic mass is 10.3. The minimum Gasteiger partial charge on any atom is -0.354 e. The summed E-state index contributed by atoms with van der Waals surface area (Å²) >= 11 is 1.33. The third-order valence-electron chi connectivity index (χ3n) is 2.25. The molecular formula is C11H18N4O2S. The lowest BCUT2D eigenvalue weighted by Gasteiger charge is -2.12. The molecular weight excluding hydrogens is 252 g/mol. The second kappa shape index (κ2) is 7.07. The van der Waals surface area contributed by atoms with Gasteiger partial charge in [-0.05, 0) is 13.3 Å². The number of nitrogens with one attached hydrogen (secondary N) is 2. The maximum absolute atomic E-state index is 11.8. The molecule has 1 atom stereocenters. The summed E-state index contributed by atoms with van der Waals surface area (Å²) in [5.74, 6) is -0.551. The normalized spacial score (nSPS) is 11.9. The van der Waals surface area contributed by atoms with Crippen LogP contribution in [-0.4, -0.2) is 29.4 Å². The fourth-order valence-electron chi connectivity index (χ4n) is 1.25. The SMILES string of the molecule is CCCNC(=O)C(C)NC(=O)c1csc(CN)n1. The molecule has 0 fully saturated rings. The Bertz CT molecular complexity index is 419. The molecule has 7 heteroatoms. The van der Waals surface area contributed by atoms with Crippen molar-refractivity contribution in [2.45, 2.75) is 32.9 Å². The second-order valence-corrected chi connectivity index (χ2v) is 4.76. The first-order valence-electron chi connectivity index (χ1n) is 5.81. The largest absolute Gasteiger partial charge is 0.354 e. The summed E-state index contributed by atoms with van der Waals surface area (Å²) in [6.07, 6.45) is 0.859. The highest BCUT2D eigenvalue weighted by molar-refractivity contribution is 7.09. The number of rotatable bonds is 6. The molecule has 1 aromatic heterocycles. The molecule has 0 saturated carbocycles. The van der Waals surface area contributed by atoms with Crippen LogP contribution in [0.1, 0.15) is 35.8 Å². The molecule has 1 rings (SSSR count). The Morgan fingerprint density at radius 1 is 1.56 bits per heavy atom. The summed E-state index contributed by atoms with van der Waals surface area (Å²) in [6, 6.07) is -0.577. The van der Waals surface area contributed by atoms with Crippen LogP contribution in [0.5, 0.6) is 0 Å². The molecule has 0 aliphatic heterocycles. The molecule has 6 nitrogen and oxygen atoms in total. The molecule has 1 heterocycles. The predicted octanol–water partition coefficient (Wildman–Crippen LogP) is 0.246. The van der Waals surface area contributed by atoms with Gasteiger partial charge in [0.1, 0.15) is 16.7 Å². The van der Waals surface area contributed by atoms with Crippen LogP contribution >= 0.6 is 11.3 Å². The van der Waals surface area contributed by atoms with Crippen LogP contribution in [0.2, 0.25) is 0 Å². The maximum atomic E-state index is 11.8. The quantitative estimate of drug-likeness (QED) is 0.690. The average molecular weight is 270 g/mol. The third kappa shape index (κ3) is 4.08. The Hall–Kier alpha value is -1.47. The number of aromatic nitrogens is 1. The minimum absolute atomic E-state index is 0.195. The van der Waals surface area contributed by atoms with E-state index in [1.807, 2.05) is 6.92 Å². The zero-order valence-electron chi connectivity index (χ0n) is 10.5. The van der Waals surface area contributed by atoms with Crippen LogP contribution in [0.15, 0.2) is 5.38 Å². The highest BCUT2D eigenvalue weighted by atomic mass is 32.1. The number of carbonyl (C=O) groups is 2. The molecule has 1 unspecified atom stereocenters. The van der Waals surface area contributed by atoms with Gasteiger partial charge in [0.05, 0.1) is 0 Å². The van der Waals surface area contributed by atoms with Gasteiger partial charge in [-0.1, -0.05) is 6.92 Å². The van der Waals surface area contributed by atoms with Crippen LogP contribution < -0.4 is 16.4 Å². The first-order valence-corrected chi connectivity index (χ1v) is 6.69. The van der Waals surface area contributed by atoms with Crippen LogP contribution in [-0.2, 0) is 11.3 Å². The number of nitrogens with zero attached hydrogens (tertiary/aromatic N) is 1. The number of nitrogens with two attached hydrogens (primary N) is 1. The molecule has 0 aliphatic carbocycles. The lowest BCUT2D eigenvalue weighted by molar-refractivity contribution is -0.122. The smallest absolute Gasteiger partial charge is 0.271 e. The summed E-state index contributed by atoms with van der Waals surface area (Å²) in [6.45, 7) is 4.52. The topological polar surface area (TPSA) is 97.1 Å². The van der Waals surface area contributed by atoms with Crippen molar-refractivity contribution in [1.29, 1.82) is 0 Å². The Kier molecular flexibility index (Phi) is 5.73. The summed E-state index contributed by atoms with van der Waals surface area (Å²) in [4.78, 5) is 27.4. The van der Waals surface area contributed by atoms with E-state index in [2.05, 4.69) is 15.6 Å². The van der Waals surface area contributed by atoms with E-state index in [-0.39, 0.29) is 11.8 Å². The zero-order valence-corrected chi connectivity index (χ0v) is 11.3. The average Bonchev–Trinajstić information content (AvgIpc) is 2.84. The van der Waals surface area contributed by atoms with E-state index >= 15 is 0 Å². The maximum Gasteiger partial charge on any atom is 0.271 e. The summed E-state index contributed by atoms with van der Waals surface area (Å²) in [5, 5.41) is 7.64. The van der Waals surface area contributed by atoms with Crippen molar-refractivity contribution in [3.8, 4) is 0 Å². The molecule has 0 bridgehead atoms. The van der Waals surface area contributed by atoms with Crippen LogP contribution in [0.4, 0.5) is 0 Å². The number of hydrogen-bond acceptors (Lipinski definition) is 5. The predicted molar refractivity (Wildman–Crippen MR) is 70.2 cm³/mol. The van der Waals surface area contributed by atoms with Gasteiger partial charge in [-0.15, -0.1) is 11.3 Å². The van der Waals surface area contributed by atoms with Gasteiger partial charge in [0.15, 0.2) is 0 Å². The van der Waals surface area contributed by atoms with E-state index < -0.39 is 6.04 Å². The molecule has 0 spiro atoms. The van der Waals surface area contributed by atoms with Gasteiger partial charge in [0.25, 0.3) is 5.91 Å². The molecule has 4 N–H and O–H groups in total.